The molecule has 0 N–H and O–H groups in total. The molecule has 2 aromatic rings. The number of thiophene rings is 1. The molecule has 0 fully saturated rings. The topological polar surface area (TPSA) is 26.3 Å². The van der Waals surface area contributed by atoms with Crippen LogP contribution in [0.5, 0.6) is 0 Å². The molecule has 88 valence electrons. The number of rotatable bonds is 4. The molecule has 0 aliphatic heterocycles. The summed E-state index contributed by atoms with van der Waals surface area (Å²) in [6.45, 7) is 0. The third-order valence-corrected chi connectivity index (χ3v) is 4.27. The van der Waals surface area contributed by atoms with Crippen molar-refractivity contribution in [1.29, 1.82) is 0 Å². The molecular formula is C13H11BrO2S. The molecule has 4 heteroatoms. The summed E-state index contributed by atoms with van der Waals surface area (Å²) in [5, 5.41) is 1.88. The molecule has 1 aromatic heterocycles. The maximum absolute atomic E-state index is 12.3. The number of methoxy groups -OCH3 is 1. The van der Waals surface area contributed by atoms with Crippen molar-refractivity contribution in [2.24, 2.45) is 0 Å². The second kappa shape index (κ2) is 5.58. The zero-order valence-corrected chi connectivity index (χ0v) is 11.6. The van der Waals surface area contributed by atoms with Crippen LogP contribution in [0.3, 0.4) is 0 Å². The summed E-state index contributed by atoms with van der Waals surface area (Å²) in [5.74, 6) is -0.0134. The summed E-state index contributed by atoms with van der Waals surface area (Å²) >= 11 is 4.79. The van der Waals surface area contributed by atoms with E-state index >= 15 is 0 Å². The Morgan fingerprint density at radius 1 is 1.29 bits per heavy atom. The summed E-state index contributed by atoms with van der Waals surface area (Å²) in [6.07, 6.45) is -0.536. The van der Waals surface area contributed by atoms with Gasteiger partial charge in [0.1, 0.15) is 6.10 Å². The summed E-state index contributed by atoms with van der Waals surface area (Å²) in [6, 6.07) is 11.4. The minimum absolute atomic E-state index is 0.0134. The Hall–Kier alpha value is -0.970. The fourth-order valence-corrected chi connectivity index (χ4v) is 3.14. The fourth-order valence-electron chi connectivity index (χ4n) is 1.61. The second-order valence-electron chi connectivity index (χ2n) is 3.49. The molecule has 1 heterocycles. The minimum atomic E-state index is -0.536. The molecule has 0 spiro atoms. The van der Waals surface area contributed by atoms with Crippen molar-refractivity contribution < 1.29 is 9.53 Å². The molecule has 0 amide bonds. The van der Waals surface area contributed by atoms with Crippen LogP contribution in [0.4, 0.5) is 0 Å². The second-order valence-corrected chi connectivity index (χ2v) is 5.26. The Morgan fingerprint density at radius 2 is 2.00 bits per heavy atom. The molecule has 0 aliphatic carbocycles. The number of Topliss-reactive ketones (excluding diaryl/α,β-unsaturated/α-hetero) is 1. The van der Waals surface area contributed by atoms with Crippen LogP contribution in [0, 0.1) is 0 Å². The molecule has 0 radical (unpaired) electrons. The average Bonchev–Trinajstić information content (AvgIpc) is 2.77. The Balaban J connectivity index is 2.32. The van der Waals surface area contributed by atoms with Crippen molar-refractivity contribution in [3.05, 3.63) is 56.7 Å². The predicted octanol–water partition coefficient (Wildman–Crippen LogP) is 4.08. The van der Waals surface area contributed by atoms with Gasteiger partial charge in [0.25, 0.3) is 0 Å². The van der Waals surface area contributed by atoms with Crippen LogP contribution in [-0.4, -0.2) is 12.9 Å². The van der Waals surface area contributed by atoms with Crippen molar-refractivity contribution in [2.45, 2.75) is 6.10 Å². The quantitative estimate of drug-likeness (QED) is 0.795. The van der Waals surface area contributed by atoms with Crippen LogP contribution in [0.25, 0.3) is 0 Å². The van der Waals surface area contributed by atoms with Crippen LogP contribution in [0.1, 0.15) is 21.3 Å². The number of carbonyl (C=O) groups is 1. The van der Waals surface area contributed by atoms with Gasteiger partial charge in [-0.1, -0.05) is 30.3 Å². The number of ketones is 1. The number of benzene rings is 1. The molecule has 2 nitrogen and oxygen atoms in total. The standard InChI is InChI=1S/C13H11BrO2S/c1-16-12(9-5-3-2-4-6-9)11(15)13-10(14)7-8-17-13/h2-8,12H,1H3. The summed E-state index contributed by atoms with van der Waals surface area (Å²) < 4.78 is 6.14. The molecule has 0 aliphatic rings. The Morgan fingerprint density at radius 3 is 2.53 bits per heavy atom. The molecule has 17 heavy (non-hydrogen) atoms. The molecule has 0 saturated heterocycles. The van der Waals surface area contributed by atoms with E-state index in [4.69, 9.17) is 4.74 Å². The van der Waals surface area contributed by atoms with Crippen molar-refractivity contribution in [3.8, 4) is 0 Å². The van der Waals surface area contributed by atoms with Gasteiger partial charge >= 0.3 is 0 Å². The van der Waals surface area contributed by atoms with E-state index in [0.29, 0.717) is 4.88 Å². The van der Waals surface area contributed by atoms with E-state index in [0.717, 1.165) is 10.0 Å². The largest absolute Gasteiger partial charge is 0.368 e. The van der Waals surface area contributed by atoms with Gasteiger partial charge in [0, 0.05) is 11.6 Å². The molecule has 0 saturated carbocycles. The molecule has 2 rings (SSSR count). The predicted molar refractivity (Wildman–Crippen MR) is 72.5 cm³/mol. The van der Waals surface area contributed by atoms with Crippen LogP contribution < -0.4 is 0 Å². The number of hydrogen-bond acceptors (Lipinski definition) is 3. The van der Waals surface area contributed by atoms with E-state index in [9.17, 15) is 4.79 Å². The van der Waals surface area contributed by atoms with Crippen LogP contribution in [0.2, 0.25) is 0 Å². The van der Waals surface area contributed by atoms with E-state index in [1.54, 1.807) is 7.11 Å². The van der Waals surface area contributed by atoms with Gasteiger partial charge in [-0.15, -0.1) is 11.3 Å². The molecule has 1 unspecified atom stereocenters. The number of ether oxygens (including phenoxy) is 1. The summed E-state index contributed by atoms with van der Waals surface area (Å²) in [5.41, 5.74) is 0.875. The zero-order valence-electron chi connectivity index (χ0n) is 9.22. The Labute approximate surface area is 112 Å². The monoisotopic (exact) mass is 310 g/mol. The summed E-state index contributed by atoms with van der Waals surface area (Å²) in [4.78, 5) is 13.0. The van der Waals surface area contributed by atoms with E-state index in [1.807, 2.05) is 41.8 Å². The van der Waals surface area contributed by atoms with E-state index < -0.39 is 6.10 Å². The van der Waals surface area contributed by atoms with Crippen LogP contribution in [0.15, 0.2) is 46.3 Å². The van der Waals surface area contributed by atoms with Gasteiger partial charge in [-0.05, 0) is 32.9 Å². The first kappa shape index (κ1) is 12.5. The van der Waals surface area contributed by atoms with E-state index in [1.165, 1.54) is 11.3 Å². The average molecular weight is 311 g/mol. The Kier molecular flexibility index (Phi) is 4.10. The van der Waals surface area contributed by atoms with Gasteiger partial charge < -0.3 is 4.74 Å². The third-order valence-electron chi connectivity index (χ3n) is 2.42. The van der Waals surface area contributed by atoms with Gasteiger partial charge in [-0.3, -0.25) is 4.79 Å². The highest BCUT2D eigenvalue weighted by molar-refractivity contribution is 9.10. The number of hydrogen-bond donors (Lipinski definition) is 0. The smallest absolute Gasteiger partial charge is 0.207 e. The number of halogens is 1. The minimum Gasteiger partial charge on any atom is -0.368 e. The van der Waals surface area contributed by atoms with Crippen molar-refractivity contribution in [2.75, 3.05) is 7.11 Å². The van der Waals surface area contributed by atoms with Crippen molar-refractivity contribution in [1.82, 2.24) is 0 Å². The Bertz CT molecular complexity index is 507. The van der Waals surface area contributed by atoms with E-state index in [-0.39, 0.29) is 5.78 Å². The zero-order chi connectivity index (χ0) is 12.3. The van der Waals surface area contributed by atoms with Gasteiger partial charge in [0.15, 0.2) is 0 Å². The lowest BCUT2D eigenvalue weighted by molar-refractivity contribution is 0.0608. The lowest BCUT2D eigenvalue weighted by Gasteiger charge is -2.13. The van der Waals surface area contributed by atoms with Gasteiger partial charge in [-0.25, -0.2) is 0 Å². The first-order chi connectivity index (χ1) is 8.24. The lowest BCUT2D eigenvalue weighted by Crippen LogP contribution is -2.14. The normalized spacial score (nSPS) is 12.4. The summed E-state index contributed by atoms with van der Waals surface area (Å²) in [7, 11) is 1.55. The SMILES string of the molecule is COC(C(=O)c1sccc1Br)c1ccccc1. The highest BCUT2D eigenvalue weighted by atomic mass is 79.9. The van der Waals surface area contributed by atoms with Crippen LogP contribution >= 0.6 is 27.3 Å². The van der Waals surface area contributed by atoms with Crippen LogP contribution in [-0.2, 0) is 4.74 Å². The van der Waals surface area contributed by atoms with Gasteiger partial charge in [0.2, 0.25) is 5.78 Å². The van der Waals surface area contributed by atoms with E-state index in [2.05, 4.69) is 15.9 Å². The van der Waals surface area contributed by atoms with Crippen molar-refractivity contribution >= 4 is 33.0 Å². The molecule has 1 atom stereocenters. The number of carbonyl (C=O) groups excluding carboxylic acids is 1. The van der Waals surface area contributed by atoms with Crippen molar-refractivity contribution in [3.63, 3.8) is 0 Å². The molecule has 0 bridgehead atoms. The first-order valence-electron chi connectivity index (χ1n) is 5.09. The fraction of sp³-hybridized carbons (Fsp3) is 0.154. The maximum Gasteiger partial charge on any atom is 0.207 e. The molecular weight excluding hydrogens is 300 g/mol. The first-order valence-corrected chi connectivity index (χ1v) is 6.76. The highest BCUT2D eigenvalue weighted by Gasteiger charge is 2.24. The highest BCUT2D eigenvalue weighted by Crippen LogP contribution is 2.29. The molecule has 1 aromatic carbocycles. The lowest BCUT2D eigenvalue weighted by atomic mass is 10.0. The van der Waals surface area contributed by atoms with Gasteiger partial charge in [-0.2, -0.15) is 0 Å². The van der Waals surface area contributed by atoms with Gasteiger partial charge in [0.05, 0.1) is 4.88 Å². The third kappa shape index (κ3) is 2.65. The maximum atomic E-state index is 12.3.